The van der Waals surface area contributed by atoms with Crippen LogP contribution in [0.15, 0.2) is 60.8 Å². The van der Waals surface area contributed by atoms with E-state index in [1.807, 2.05) is 41.3 Å². The van der Waals surface area contributed by atoms with Crippen molar-refractivity contribution in [3.05, 3.63) is 76.9 Å². The summed E-state index contributed by atoms with van der Waals surface area (Å²) in [6.45, 7) is 2.62. The fourth-order valence-electron chi connectivity index (χ4n) is 4.37. The topological polar surface area (TPSA) is 132 Å². The number of anilines is 3. The number of nitrogens with one attached hydrogen (secondary N) is 4. The Morgan fingerprint density at radius 1 is 1.05 bits per heavy atom. The number of carboxylic acids is 1. The maximum atomic E-state index is 13.6. The number of amides is 1. The number of halogens is 1. The summed E-state index contributed by atoms with van der Waals surface area (Å²) < 4.78 is 0. The van der Waals surface area contributed by atoms with E-state index in [4.69, 9.17) is 28.9 Å². The van der Waals surface area contributed by atoms with Crippen molar-refractivity contribution in [2.45, 2.75) is 25.2 Å². The Hall–Kier alpha value is -3.96. The molecule has 10 nitrogen and oxygen atoms in total. The molecule has 1 atom stereocenters. The smallest absolute Gasteiger partial charge is 0.305 e. The van der Waals surface area contributed by atoms with Crippen molar-refractivity contribution in [1.82, 2.24) is 25.5 Å². The molecular formula is C28H32ClN7O3S. The quantitative estimate of drug-likeness (QED) is 0.156. The van der Waals surface area contributed by atoms with Crippen molar-refractivity contribution in [3.8, 4) is 0 Å². The highest BCUT2D eigenvalue weighted by Gasteiger charge is 2.29. The van der Waals surface area contributed by atoms with Gasteiger partial charge in [-0.3, -0.25) is 9.59 Å². The molecule has 4 rings (SSSR count). The van der Waals surface area contributed by atoms with Crippen LogP contribution in [-0.4, -0.2) is 69.7 Å². The van der Waals surface area contributed by atoms with Crippen LogP contribution in [0, 0.1) is 0 Å². The van der Waals surface area contributed by atoms with Gasteiger partial charge in [0, 0.05) is 44.8 Å². The highest BCUT2D eigenvalue weighted by Crippen LogP contribution is 2.29. The number of carbonyl (C=O) groups excluding carboxylic acids is 1. The highest BCUT2D eigenvalue weighted by molar-refractivity contribution is 7.80. The van der Waals surface area contributed by atoms with E-state index in [2.05, 4.69) is 43.4 Å². The van der Waals surface area contributed by atoms with Crippen LogP contribution in [0.1, 0.15) is 41.1 Å². The van der Waals surface area contributed by atoms with Gasteiger partial charge in [-0.15, -0.1) is 0 Å². The number of rotatable bonds is 12. The number of benzene rings is 2. The lowest BCUT2D eigenvalue weighted by Gasteiger charge is -2.19. The predicted molar refractivity (Wildman–Crippen MR) is 160 cm³/mol. The lowest BCUT2D eigenvalue weighted by molar-refractivity contribution is -0.136. The van der Waals surface area contributed by atoms with Crippen LogP contribution in [0.5, 0.6) is 0 Å². The van der Waals surface area contributed by atoms with Gasteiger partial charge < -0.3 is 31.3 Å². The van der Waals surface area contributed by atoms with Gasteiger partial charge in [-0.25, -0.2) is 4.98 Å². The van der Waals surface area contributed by atoms with Gasteiger partial charge in [-0.2, -0.15) is 4.98 Å². The van der Waals surface area contributed by atoms with E-state index in [-0.39, 0.29) is 18.9 Å². The molecule has 0 saturated carbocycles. The number of hydrogen-bond acceptors (Lipinski definition) is 7. The van der Waals surface area contributed by atoms with Crippen molar-refractivity contribution in [2.75, 3.05) is 43.4 Å². The number of aromatic nitrogens is 2. The minimum Gasteiger partial charge on any atom is -0.481 e. The summed E-state index contributed by atoms with van der Waals surface area (Å²) in [4.78, 5) is 35.1. The molecule has 1 aliphatic heterocycles. The zero-order valence-electron chi connectivity index (χ0n) is 21.9. The highest BCUT2D eigenvalue weighted by atomic mass is 35.5. The van der Waals surface area contributed by atoms with Crippen LogP contribution in [0.2, 0.25) is 5.02 Å². The van der Waals surface area contributed by atoms with Crippen molar-refractivity contribution in [1.29, 1.82) is 0 Å². The Morgan fingerprint density at radius 3 is 2.58 bits per heavy atom. The van der Waals surface area contributed by atoms with Crippen molar-refractivity contribution in [2.24, 2.45) is 0 Å². The van der Waals surface area contributed by atoms with Crippen LogP contribution >= 0.6 is 23.8 Å². The van der Waals surface area contributed by atoms with E-state index < -0.39 is 5.97 Å². The summed E-state index contributed by atoms with van der Waals surface area (Å²) >= 11 is 11.5. The molecule has 2 heterocycles. The van der Waals surface area contributed by atoms with E-state index in [9.17, 15) is 9.59 Å². The molecule has 0 spiro atoms. The van der Waals surface area contributed by atoms with Crippen LogP contribution in [0.25, 0.3) is 0 Å². The zero-order chi connectivity index (χ0) is 28.3. The van der Waals surface area contributed by atoms with E-state index in [1.165, 1.54) is 5.56 Å². The lowest BCUT2D eigenvalue weighted by Crippen LogP contribution is -2.37. The molecule has 1 saturated heterocycles. The van der Waals surface area contributed by atoms with Gasteiger partial charge in [0.1, 0.15) is 11.4 Å². The largest absolute Gasteiger partial charge is 0.481 e. The fraction of sp³-hybridized carbons (Fsp3) is 0.321. The summed E-state index contributed by atoms with van der Waals surface area (Å²) in [6, 6.07) is 17.5. The first-order chi connectivity index (χ1) is 19.4. The van der Waals surface area contributed by atoms with Crippen molar-refractivity contribution < 1.29 is 14.7 Å². The summed E-state index contributed by atoms with van der Waals surface area (Å²) in [7, 11) is 0. The Kier molecular flexibility index (Phi) is 10.5. The Morgan fingerprint density at radius 2 is 1.80 bits per heavy atom. The number of para-hydroxylation sites is 1. The number of nitrogens with zero attached hydrogens (tertiary/aromatic N) is 3. The minimum absolute atomic E-state index is 0.0123. The molecular weight excluding hydrogens is 550 g/mol. The second-order valence-electron chi connectivity index (χ2n) is 9.31. The van der Waals surface area contributed by atoms with Gasteiger partial charge in [0.25, 0.3) is 5.91 Å². The molecule has 1 aliphatic rings. The molecule has 1 amide bonds. The van der Waals surface area contributed by atoms with E-state index in [1.54, 1.807) is 12.3 Å². The molecule has 12 heteroatoms. The standard InChI is InChI=1S/C28H32ClN7O3S/c29-22-9-4-5-10-23(22)34-27-33-17-21(26(39)36-16-12-20(18-36)19-7-2-1-3-8-19)25(35-27)30-13-6-14-31-28(40)32-15-11-24(37)38/h1-5,7-10,17,20H,6,11-16,18H2,(H,37,38)(H2,31,32,40)(H2,30,33,34,35)/t20-/m0/s1. The van der Waals surface area contributed by atoms with Gasteiger partial charge in [0.05, 0.1) is 17.1 Å². The number of thiocarbonyl (C=S) groups is 1. The summed E-state index contributed by atoms with van der Waals surface area (Å²) in [5.74, 6) is 0.0370. The molecule has 210 valence electrons. The van der Waals surface area contributed by atoms with Crippen LogP contribution in [0.3, 0.4) is 0 Å². The summed E-state index contributed by atoms with van der Waals surface area (Å²) in [5.41, 5.74) is 2.29. The molecule has 0 bridgehead atoms. The Labute approximate surface area is 243 Å². The van der Waals surface area contributed by atoms with Gasteiger partial charge in [0.15, 0.2) is 5.11 Å². The molecule has 0 unspecified atom stereocenters. The number of likely N-dealkylation sites (tertiary alicyclic amines) is 1. The molecule has 40 heavy (non-hydrogen) atoms. The molecule has 5 N–H and O–H groups in total. The van der Waals surface area contributed by atoms with Crippen LogP contribution < -0.4 is 21.3 Å². The Bertz CT molecular complexity index is 1330. The number of carbonyl (C=O) groups is 2. The Balaban J connectivity index is 1.41. The first-order valence-corrected chi connectivity index (χ1v) is 13.9. The summed E-state index contributed by atoms with van der Waals surface area (Å²) in [5, 5.41) is 22.0. The van der Waals surface area contributed by atoms with E-state index in [0.29, 0.717) is 71.7 Å². The first kappa shape index (κ1) is 29.0. The molecule has 1 fully saturated rings. The molecule has 0 aliphatic carbocycles. The second-order valence-corrected chi connectivity index (χ2v) is 10.1. The van der Waals surface area contributed by atoms with Gasteiger partial charge >= 0.3 is 5.97 Å². The van der Waals surface area contributed by atoms with Gasteiger partial charge in [0.2, 0.25) is 5.95 Å². The van der Waals surface area contributed by atoms with Gasteiger partial charge in [-0.05, 0) is 42.8 Å². The average molecular weight is 582 g/mol. The van der Waals surface area contributed by atoms with Crippen molar-refractivity contribution >= 4 is 58.3 Å². The molecule has 3 aromatic rings. The predicted octanol–water partition coefficient (Wildman–Crippen LogP) is 4.24. The van der Waals surface area contributed by atoms with Crippen molar-refractivity contribution in [3.63, 3.8) is 0 Å². The fourth-order valence-corrected chi connectivity index (χ4v) is 4.76. The molecule has 0 radical (unpaired) electrons. The van der Waals surface area contributed by atoms with E-state index >= 15 is 0 Å². The number of carboxylic acid groups (broad SMARTS) is 1. The average Bonchev–Trinajstić information content (AvgIpc) is 3.45. The molecule has 2 aromatic carbocycles. The third-order valence-electron chi connectivity index (χ3n) is 6.44. The maximum absolute atomic E-state index is 13.6. The monoisotopic (exact) mass is 581 g/mol. The zero-order valence-corrected chi connectivity index (χ0v) is 23.5. The van der Waals surface area contributed by atoms with Crippen LogP contribution in [-0.2, 0) is 4.79 Å². The minimum atomic E-state index is -0.886. The summed E-state index contributed by atoms with van der Waals surface area (Å²) in [6.07, 6.45) is 3.11. The van der Waals surface area contributed by atoms with Crippen LogP contribution in [0.4, 0.5) is 17.5 Å². The molecule has 1 aromatic heterocycles. The van der Waals surface area contributed by atoms with E-state index in [0.717, 1.165) is 6.42 Å². The third kappa shape index (κ3) is 8.27. The second kappa shape index (κ2) is 14.4. The normalized spacial score (nSPS) is 14.4. The third-order valence-corrected chi connectivity index (χ3v) is 7.06. The lowest BCUT2D eigenvalue weighted by atomic mass is 9.99. The maximum Gasteiger partial charge on any atom is 0.305 e. The SMILES string of the molecule is O=C(O)CCNC(=S)NCCCNc1nc(Nc2ccccc2Cl)ncc1C(=O)N1CC[C@H](c2ccccc2)C1. The van der Waals surface area contributed by atoms with Gasteiger partial charge in [-0.1, -0.05) is 54.1 Å². The number of aliphatic carboxylic acids is 1. The first-order valence-electron chi connectivity index (χ1n) is 13.1. The number of hydrogen-bond donors (Lipinski definition) is 5.